The smallest absolute Gasteiger partial charge is 0.264 e. The number of halogens is 2. The Morgan fingerprint density at radius 3 is 2.57 bits per heavy atom. The highest BCUT2D eigenvalue weighted by atomic mass is 35.5. The number of thioether (sulfide) groups is 1. The first kappa shape index (κ1) is 20.5. The highest BCUT2D eigenvalue weighted by Gasteiger charge is 2.24. The molecule has 0 spiro atoms. The van der Waals surface area contributed by atoms with Gasteiger partial charge in [-0.2, -0.15) is 0 Å². The molecular formula is C23H16Cl2N2O2S. The molecule has 4 nitrogen and oxygen atoms in total. The molecule has 1 aliphatic heterocycles. The topological polar surface area (TPSA) is 50.7 Å². The normalized spacial score (nSPS) is 16.1. The molecule has 0 aliphatic carbocycles. The van der Waals surface area contributed by atoms with Crippen LogP contribution in [0.5, 0.6) is 5.75 Å². The van der Waals surface area contributed by atoms with Crippen molar-refractivity contribution in [3.8, 4) is 5.75 Å². The van der Waals surface area contributed by atoms with Crippen molar-refractivity contribution in [1.82, 2.24) is 5.32 Å². The lowest BCUT2D eigenvalue weighted by Crippen LogP contribution is -2.19. The second-order valence-electron chi connectivity index (χ2n) is 6.38. The minimum absolute atomic E-state index is 0.190. The number of nitrogens with one attached hydrogen (secondary N) is 1. The first-order valence-electron chi connectivity index (χ1n) is 9.09. The maximum atomic E-state index is 12.4. The van der Waals surface area contributed by atoms with E-state index in [2.05, 4.69) is 10.3 Å². The average molecular weight is 455 g/mol. The van der Waals surface area contributed by atoms with Gasteiger partial charge in [0.05, 0.1) is 10.6 Å². The van der Waals surface area contributed by atoms with E-state index in [-0.39, 0.29) is 12.5 Å². The molecule has 0 unspecified atom stereocenters. The summed E-state index contributed by atoms with van der Waals surface area (Å²) in [7, 11) is 0. The minimum Gasteiger partial charge on any atom is -0.488 e. The van der Waals surface area contributed by atoms with E-state index in [1.165, 1.54) is 11.8 Å². The van der Waals surface area contributed by atoms with Crippen LogP contribution in [0.15, 0.2) is 82.7 Å². The number of para-hydroxylation sites is 2. The van der Waals surface area contributed by atoms with E-state index in [1.54, 1.807) is 18.2 Å². The van der Waals surface area contributed by atoms with Crippen LogP contribution in [-0.2, 0) is 11.4 Å². The number of ether oxygens (including phenoxy) is 1. The fourth-order valence-electron chi connectivity index (χ4n) is 2.77. The summed E-state index contributed by atoms with van der Waals surface area (Å²) in [5, 5.41) is 4.47. The predicted molar refractivity (Wildman–Crippen MR) is 124 cm³/mol. The van der Waals surface area contributed by atoms with Crippen molar-refractivity contribution in [2.45, 2.75) is 6.61 Å². The fraction of sp³-hybridized carbons (Fsp3) is 0.0435. The Labute approximate surface area is 188 Å². The lowest BCUT2D eigenvalue weighted by atomic mass is 10.2. The van der Waals surface area contributed by atoms with E-state index in [0.717, 1.165) is 16.8 Å². The molecule has 3 aromatic rings. The van der Waals surface area contributed by atoms with Crippen LogP contribution >= 0.6 is 35.0 Å². The van der Waals surface area contributed by atoms with Crippen LogP contribution in [0.2, 0.25) is 10.0 Å². The van der Waals surface area contributed by atoms with Gasteiger partial charge in [-0.15, -0.1) is 0 Å². The maximum absolute atomic E-state index is 12.4. The van der Waals surface area contributed by atoms with E-state index in [1.807, 2.05) is 60.7 Å². The Morgan fingerprint density at radius 1 is 1.00 bits per heavy atom. The SMILES string of the molecule is O=C1NC(=Nc2ccccc2)S/C1=C\c1ccccc1OCc1ccc(Cl)cc1Cl. The highest BCUT2D eigenvalue weighted by Crippen LogP contribution is 2.31. The van der Waals surface area contributed by atoms with Gasteiger partial charge in [-0.1, -0.05) is 65.7 Å². The van der Waals surface area contributed by atoms with Gasteiger partial charge in [0.1, 0.15) is 12.4 Å². The molecule has 1 amide bonds. The summed E-state index contributed by atoms with van der Waals surface area (Å²) in [5.74, 6) is 0.461. The van der Waals surface area contributed by atoms with Crippen LogP contribution < -0.4 is 10.1 Å². The van der Waals surface area contributed by atoms with Gasteiger partial charge in [-0.05, 0) is 48.2 Å². The van der Waals surface area contributed by atoms with Gasteiger partial charge < -0.3 is 10.1 Å². The first-order valence-corrected chi connectivity index (χ1v) is 10.7. The van der Waals surface area contributed by atoms with Crippen molar-refractivity contribution in [2.24, 2.45) is 4.99 Å². The Hall–Kier alpha value is -2.73. The van der Waals surface area contributed by atoms with Crippen LogP contribution in [0, 0.1) is 0 Å². The third-order valence-corrected chi connectivity index (χ3v) is 5.74. The van der Waals surface area contributed by atoms with Crippen molar-refractivity contribution >= 4 is 57.8 Å². The van der Waals surface area contributed by atoms with Crippen molar-refractivity contribution in [3.63, 3.8) is 0 Å². The van der Waals surface area contributed by atoms with Gasteiger partial charge in [0.15, 0.2) is 5.17 Å². The number of rotatable bonds is 5. The molecule has 150 valence electrons. The quantitative estimate of drug-likeness (QED) is 0.449. The zero-order chi connectivity index (χ0) is 20.9. The molecule has 3 aromatic carbocycles. The number of nitrogens with zero attached hydrogens (tertiary/aromatic N) is 1. The second kappa shape index (κ2) is 9.39. The van der Waals surface area contributed by atoms with Crippen molar-refractivity contribution < 1.29 is 9.53 Å². The van der Waals surface area contributed by atoms with Crippen LogP contribution in [0.3, 0.4) is 0 Å². The monoisotopic (exact) mass is 454 g/mol. The predicted octanol–water partition coefficient (Wildman–Crippen LogP) is 6.46. The fourth-order valence-corrected chi connectivity index (χ4v) is 4.06. The summed E-state index contributed by atoms with van der Waals surface area (Å²) in [6, 6.07) is 22.3. The number of carbonyl (C=O) groups excluding carboxylic acids is 1. The summed E-state index contributed by atoms with van der Waals surface area (Å²) < 4.78 is 5.97. The zero-order valence-electron chi connectivity index (χ0n) is 15.6. The van der Waals surface area contributed by atoms with Gasteiger partial charge >= 0.3 is 0 Å². The minimum atomic E-state index is -0.190. The average Bonchev–Trinajstić information content (AvgIpc) is 3.08. The molecule has 1 heterocycles. The van der Waals surface area contributed by atoms with Crippen molar-refractivity contribution in [2.75, 3.05) is 0 Å². The van der Waals surface area contributed by atoms with E-state index in [4.69, 9.17) is 27.9 Å². The third-order valence-electron chi connectivity index (χ3n) is 4.24. The Balaban J connectivity index is 1.53. The number of carbonyl (C=O) groups is 1. The summed E-state index contributed by atoms with van der Waals surface area (Å²) in [4.78, 5) is 17.4. The summed E-state index contributed by atoms with van der Waals surface area (Å²) >= 11 is 13.5. The molecular weight excluding hydrogens is 439 g/mol. The van der Waals surface area contributed by atoms with Crippen molar-refractivity contribution in [1.29, 1.82) is 0 Å². The molecule has 1 fully saturated rings. The van der Waals surface area contributed by atoms with Crippen LogP contribution in [0.1, 0.15) is 11.1 Å². The lowest BCUT2D eigenvalue weighted by molar-refractivity contribution is -0.115. The van der Waals surface area contributed by atoms with Crippen LogP contribution in [0.4, 0.5) is 5.69 Å². The Morgan fingerprint density at radius 2 is 1.77 bits per heavy atom. The summed E-state index contributed by atoms with van der Waals surface area (Å²) in [5.41, 5.74) is 2.40. The standard InChI is InChI=1S/C23H16Cl2N2O2S/c24-17-11-10-16(19(25)13-17)14-29-20-9-5-4-6-15(20)12-21-22(28)27-23(30-21)26-18-7-2-1-3-8-18/h1-13H,14H2,(H,26,27,28)/b21-12-. The molecule has 1 N–H and O–H groups in total. The number of benzene rings is 3. The molecule has 7 heteroatoms. The molecule has 0 aromatic heterocycles. The van der Waals surface area contributed by atoms with Gasteiger partial charge in [-0.3, -0.25) is 4.79 Å². The molecule has 4 rings (SSSR count). The molecule has 1 saturated heterocycles. The lowest BCUT2D eigenvalue weighted by Gasteiger charge is -2.11. The molecule has 0 bridgehead atoms. The summed E-state index contributed by atoms with van der Waals surface area (Å²) in [6.45, 7) is 0.288. The van der Waals surface area contributed by atoms with Crippen LogP contribution in [0.25, 0.3) is 6.08 Å². The molecule has 0 radical (unpaired) electrons. The Kier molecular flexibility index (Phi) is 6.43. The molecule has 0 atom stereocenters. The van der Waals surface area contributed by atoms with Gasteiger partial charge in [0, 0.05) is 21.2 Å². The first-order chi connectivity index (χ1) is 14.6. The largest absolute Gasteiger partial charge is 0.488 e. The van der Waals surface area contributed by atoms with Gasteiger partial charge in [0.2, 0.25) is 0 Å². The van der Waals surface area contributed by atoms with E-state index in [9.17, 15) is 4.79 Å². The Bertz CT molecular complexity index is 1150. The van der Waals surface area contributed by atoms with E-state index < -0.39 is 0 Å². The zero-order valence-corrected chi connectivity index (χ0v) is 18.0. The maximum Gasteiger partial charge on any atom is 0.264 e. The number of aliphatic imine (C=N–C) groups is 1. The highest BCUT2D eigenvalue weighted by molar-refractivity contribution is 8.18. The number of amidine groups is 1. The molecule has 0 saturated carbocycles. The number of amides is 1. The molecule has 30 heavy (non-hydrogen) atoms. The second-order valence-corrected chi connectivity index (χ2v) is 8.25. The third kappa shape index (κ3) is 5.05. The number of hydrogen-bond acceptors (Lipinski definition) is 4. The summed E-state index contributed by atoms with van der Waals surface area (Å²) in [6.07, 6.45) is 1.80. The van der Waals surface area contributed by atoms with E-state index in [0.29, 0.717) is 25.9 Å². The van der Waals surface area contributed by atoms with E-state index >= 15 is 0 Å². The van der Waals surface area contributed by atoms with Gasteiger partial charge in [0.25, 0.3) is 5.91 Å². The van der Waals surface area contributed by atoms with Crippen LogP contribution in [-0.4, -0.2) is 11.1 Å². The number of hydrogen-bond donors (Lipinski definition) is 1. The van der Waals surface area contributed by atoms with Crippen molar-refractivity contribution in [3.05, 3.63) is 98.9 Å². The molecule has 1 aliphatic rings. The van der Waals surface area contributed by atoms with Gasteiger partial charge in [-0.25, -0.2) is 4.99 Å².